The van der Waals surface area contributed by atoms with Crippen LogP contribution >= 0.6 is 0 Å². The molecule has 1 aliphatic carbocycles. The third-order valence-corrected chi connectivity index (χ3v) is 4.97. The van der Waals surface area contributed by atoms with Crippen LogP contribution in [0.3, 0.4) is 0 Å². The van der Waals surface area contributed by atoms with Crippen LogP contribution in [-0.2, 0) is 10.0 Å². The molecule has 2 unspecified atom stereocenters. The lowest BCUT2D eigenvalue weighted by Crippen LogP contribution is -2.27. The van der Waals surface area contributed by atoms with Gasteiger partial charge < -0.3 is 0 Å². The van der Waals surface area contributed by atoms with Crippen molar-refractivity contribution in [2.45, 2.75) is 23.3 Å². The van der Waals surface area contributed by atoms with Crippen LogP contribution in [0.4, 0.5) is 4.39 Å². The van der Waals surface area contributed by atoms with E-state index in [4.69, 9.17) is 0 Å². The average Bonchev–Trinajstić information content (AvgIpc) is 3.18. The summed E-state index contributed by atoms with van der Waals surface area (Å²) in [7, 11) is -3.79. The molecule has 0 amide bonds. The van der Waals surface area contributed by atoms with E-state index in [-0.39, 0.29) is 16.9 Å². The molecule has 1 aliphatic rings. The molecule has 0 bridgehead atoms. The van der Waals surface area contributed by atoms with Gasteiger partial charge in [0.2, 0.25) is 10.0 Å². The molecule has 5 heteroatoms. The number of nitrogens with one attached hydrogen (secondary N) is 1. The van der Waals surface area contributed by atoms with Crippen LogP contribution in [0.15, 0.2) is 59.5 Å². The summed E-state index contributed by atoms with van der Waals surface area (Å²) in [4.78, 5) is -0.293. The summed E-state index contributed by atoms with van der Waals surface area (Å²) in [5.74, 6) is -0.547. The van der Waals surface area contributed by atoms with Crippen molar-refractivity contribution < 1.29 is 12.8 Å². The maximum atomic E-state index is 13.6. The second-order valence-corrected chi connectivity index (χ2v) is 6.59. The Hall–Kier alpha value is -1.72. The summed E-state index contributed by atoms with van der Waals surface area (Å²) in [6, 6.07) is 15.0. The average molecular weight is 291 g/mol. The lowest BCUT2D eigenvalue weighted by molar-refractivity contribution is 0.556. The first-order chi connectivity index (χ1) is 9.58. The lowest BCUT2D eigenvalue weighted by atomic mass is 10.1. The van der Waals surface area contributed by atoms with Crippen LogP contribution < -0.4 is 4.72 Å². The van der Waals surface area contributed by atoms with Crippen molar-refractivity contribution in [1.82, 2.24) is 4.72 Å². The third-order valence-electron chi connectivity index (χ3n) is 3.45. The predicted molar refractivity (Wildman–Crippen MR) is 74.3 cm³/mol. The van der Waals surface area contributed by atoms with Crippen molar-refractivity contribution in [3.63, 3.8) is 0 Å². The van der Waals surface area contributed by atoms with Crippen molar-refractivity contribution in [1.29, 1.82) is 0 Å². The molecule has 1 saturated carbocycles. The second-order valence-electron chi connectivity index (χ2n) is 4.91. The number of hydrogen-bond donors (Lipinski definition) is 1. The van der Waals surface area contributed by atoms with Gasteiger partial charge in [-0.15, -0.1) is 0 Å². The molecule has 0 radical (unpaired) electrons. The molecule has 2 aromatic rings. The SMILES string of the molecule is O=S(=O)(NC1CC1c1ccccc1)c1ccccc1F. The zero-order chi connectivity index (χ0) is 14.2. The monoisotopic (exact) mass is 291 g/mol. The number of hydrogen-bond acceptors (Lipinski definition) is 2. The van der Waals surface area contributed by atoms with Crippen LogP contribution in [0, 0.1) is 5.82 Å². The molecule has 1 fully saturated rings. The Kier molecular flexibility index (Phi) is 3.31. The van der Waals surface area contributed by atoms with Crippen molar-refractivity contribution >= 4 is 10.0 Å². The van der Waals surface area contributed by atoms with Gasteiger partial charge in [-0.1, -0.05) is 42.5 Å². The minimum Gasteiger partial charge on any atom is -0.207 e. The highest BCUT2D eigenvalue weighted by atomic mass is 32.2. The smallest absolute Gasteiger partial charge is 0.207 e. The molecule has 0 heterocycles. The second kappa shape index (κ2) is 5.00. The van der Waals surface area contributed by atoms with Gasteiger partial charge in [-0.05, 0) is 24.1 Å². The van der Waals surface area contributed by atoms with Gasteiger partial charge in [0.25, 0.3) is 0 Å². The van der Waals surface area contributed by atoms with E-state index in [9.17, 15) is 12.8 Å². The fourth-order valence-electron chi connectivity index (χ4n) is 2.32. The van der Waals surface area contributed by atoms with Gasteiger partial charge in [-0.25, -0.2) is 17.5 Å². The maximum Gasteiger partial charge on any atom is 0.243 e. The topological polar surface area (TPSA) is 46.2 Å². The number of halogens is 1. The Morgan fingerprint density at radius 1 is 1.00 bits per heavy atom. The Morgan fingerprint density at radius 2 is 1.65 bits per heavy atom. The number of sulfonamides is 1. The third kappa shape index (κ3) is 2.59. The molecule has 1 N–H and O–H groups in total. The molecule has 20 heavy (non-hydrogen) atoms. The highest BCUT2D eigenvalue weighted by Gasteiger charge is 2.41. The van der Waals surface area contributed by atoms with Gasteiger partial charge in [-0.2, -0.15) is 0 Å². The standard InChI is InChI=1S/C15H14FNO2S/c16-13-8-4-5-9-15(13)20(18,19)17-14-10-12(14)11-6-2-1-3-7-11/h1-9,12,14,17H,10H2. The van der Waals surface area contributed by atoms with Crippen molar-refractivity contribution in [3.05, 3.63) is 66.0 Å². The Labute approximate surface area is 117 Å². The molecular formula is C15H14FNO2S. The van der Waals surface area contributed by atoms with E-state index in [0.29, 0.717) is 0 Å². The van der Waals surface area contributed by atoms with E-state index < -0.39 is 15.8 Å². The zero-order valence-corrected chi connectivity index (χ0v) is 11.5. The quantitative estimate of drug-likeness (QED) is 0.941. The van der Waals surface area contributed by atoms with Gasteiger partial charge in [-0.3, -0.25) is 0 Å². The van der Waals surface area contributed by atoms with Gasteiger partial charge in [0.15, 0.2) is 0 Å². The molecule has 2 aromatic carbocycles. The fourth-order valence-corrected chi connectivity index (χ4v) is 3.69. The first kappa shape index (κ1) is 13.3. The van der Waals surface area contributed by atoms with E-state index in [2.05, 4.69) is 4.72 Å². The summed E-state index contributed by atoms with van der Waals surface area (Å²) < 4.78 is 40.4. The van der Waals surface area contributed by atoms with E-state index in [1.165, 1.54) is 18.2 Å². The van der Waals surface area contributed by atoms with Crippen molar-refractivity contribution in [3.8, 4) is 0 Å². The van der Waals surface area contributed by atoms with Gasteiger partial charge in [0.1, 0.15) is 10.7 Å². The lowest BCUT2D eigenvalue weighted by Gasteiger charge is -2.07. The highest BCUT2D eigenvalue weighted by Crippen LogP contribution is 2.41. The maximum absolute atomic E-state index is 13.6. The predicted octanol–water partition coefficient (Wildman–Crippen LogP) is 2.66. The number of benzene rings is 2. The van der Waals surface area contributed by atoms with Gasteiger partial charge in [0.05, 0.1) is 0 Å². The molecular weight excluding hydrogens is 277 g/mol. The first-order valence-corrected chi connectivity index (χ1v) is 7.88. The molecule has 0 saturated heterocycles. The molecule has 3 rings (SSSR count). The van der Waals surface area contributed by atoms with E-state index >= 15 is 0 Å². The van der Waals surface area contributed by atoms with E-state index in [1.54, 1.807) is 0 Å². The molecule has 0 aliphatic heterocycles. The van der Waals surface area contributed by atoms with Crippen LogP contribution in [0.1, 0.15) is 17.9 Å². The molecule has 3 nitrogen and oxygen atoms in total. The van der Waals surface area contributed by atoms with Gasteiger partial charge in [0, 0.05) is 12.0 Å². The summed E-state index contributed by atoms with van der Waals surface area (Å²) in [5.41, 5.74) is 1.11. The Balaban J connectivity index is 1.75. The molecule has 104 valence electrons. The summed E-state index contributed by atoms with van der Waals surface area (Å²) in [6.45, 7) is 0. The Morgan fingerprint density at radius 3 is 2.35 bits per heavy atom. The summed E-state index contributed by atoms with van der Waals surface area (Å²) in [5, 5.41) is 0. The first-order valence-electron chi connectivity index (χ1n) is 6.40. The van der Waals surface area contributed by atoms with Gasteiger partial charge >= 0.3 is 0 Å². The van der Waals surface area contributed by atoms with E-state index in [1.807, 2.05) is 30.3 Å². The zero-order valence-electron chi connectivity index (χ0n) is 10.7. The van der Waals surface area contributed by atoms with Crippen LogP contribution in [0.2, 0.25) is 0 Å². The summed E-state index contributed by atoms with van der Waals surface area (Å²) >= 11 is 0. The molecule has 2 atom stereocenters. The largest absolute Gasteiger partial charge is 0.243 e. The highest BCUT2D eigenvalue weighted by molar-refractivity contribution is 7.89. The van der Waals surface area contributed by atoms with Crippen LogP contribution in [0.25, 0.3) is 0 Å². The fraction of sp³-hybridized carbons (Fsp3) is 0.200. The van der Waals surface area contributed by atoms with Crippen molar-refractivity contribution in [2.24, 2.45) is 0 Å². The normalized spacial score (nSPS) is 21.6. The van der Waals surface area contributed by atoms with Crippen molar-refractivity contribution in [2.75, 3.05) is 0 Å². The molecule has 0 spiro atoms. The number of rotatable bonds is 4. The summed E-state index contributed by atoms with van der Waals surface area (Å²) in [6.07, 6.45) is 0.748. The minimum atomic E-state index is -3.79. The van der Waals surface area contributed by atoms with E-state index in [0.717, 1.165) is 18.1 Å². The van der Waals surface area contributed by atoms with Crippen LogP contribution in [0.5, 0.6) is 0 Å². The van der Waals surface area contributed by atoms with Crippen LogP contribution in [-0.4, -0.2) is 14.5 Å². The molecule has 0 aromatic heterocycles. The minimum absolute atomic E-state index is 0.151. The Bertz CT molecular complexity index is 716.